The number of benzene rings is 2. The fraction of sp³-hybridized carbons (Fsp3) is 0.333. The van der Waals surface area contributed by atoms with E-state index in [0.29, 0.717) is 25.3 Å². The van der Waals surface area contributed by atoms with E-state index in [2.05, 4.69) is 33.0 Å². The molecule has 0 unspecified atom stereocenters. The number of carbonyl (C=O) groups is 1. The van der Waals surface area contributed by atoms with Crippen molar-refractivity contribution in [1.82, 2.24) is 19.7 Å². The van der Waals surface area contributed by atoms with Crippen molar-refractivity contribution in [3.8, 4) is 5.75 Å². The van der Waals surface area contributed by atoms with Gasteiger partial charge in [0.1, 0.15) is 18.2 Å². The van der Waals surface area contributed by atoms with Crippen LogP contribution in [0.4, 0.5) is 4.39 Å². The van der Waals surface area contributed by atoms with E-state index in [0.717, 1.165) is 56.3 Å². The second kappa shape index (κ2) is 10.3. The van der Waals surface area contributed by atoms with Gasteiger partial charge in [0.05, 0.1) is 12.2 Å². The van der Waals surface area contributed by atoms with E-state index in [-0.39, 0.29) is 5.91 Å². The summed E-state index contributed by atoms with van der Waals surface area (Å²) in [6.45, 7) is 7.14. The second-order valence-electron chi connectivity index (χ2n) is 8.90. The zero-order valence-corrected chi connectivity index (χ0v) is 19.2. The standard InChI is InChI=1S/C27H29FN4O2/c28-24-5-3-4-22(17-24)27(33)32-14-15-34-26-8-7-21(16-23(26)19-32)18-30-10-12-31(13-11-30)20-25-6-1-2-9-29-25/h1-9,16-17H,10-15,18-20H2. The first-order valence-corrected chi connectivity index (χ1v) is 11.8. The van der Waals surface area contributed by atoms with E-state index in [1.807, 2.05) is 24.4 Å². The molecule has 1 amide bonds. The van der Waals surface area contributed by atoms with E-state index >= 15 is 0 Å². The number of piperazine rings is 1. The Balaban J connectivity index is 1.21. The lowest BCUT2D eigenvalue weighted by Crippen LogP contribution is -2.45. The van der Waals surface area contributed by atoms with Crippen LogP contribution in [0, 0.1) is 5.82 Å². The lowest BCUT2D eigenvalue weighted by atomic mass is 10.1. The third-order valence-electron chi connectivity index (χ3n) is 6.45. The van der Waals surface area contributed by atoms with Crippen molar-refractivity contribution in [2.45, 2.75) is 19.6 Å². The normalized spacial score (nSPS) is 17.0. The SMILES string of the molecule is O=C(c1cccc(F)c1)N1CCOc2ccc(CN3CCN(Cc4ccccn4)CC3)cc2C1. The van der Waals surface area contributed by atoms with Crippen LogP contribution in [0.3, 0.4) is 0 Å². The zero-order valence-electron chi connectivity index (χ0n) is 19.2. The molecule has 0 N–H and O–H groups in total. The van der Waals surface area contributed by atoms with Crippen LogP contribution in [0.25, 0.3) is 0 Å². The Hall–Kier alpha value is -3.29. The average Bonchev–Trinajstić information content (AvgIpc) is 3.07. The highest BCUT2D eigenvalue weighted by Gasteiger charge is 2.23. The molecule has 0 bridgehead atoms. The molecular formula is C27H29FN4O2. The molecule has 0 saturated carbocycles. The van der Waals surface area contributed by atoms with Crippen molar-refractivity contribution in [3.05, 3.63) is 95.1 Å². The van der Waals surface area contributed by atoms with Crippen LogP contribution in [0.1, 0.15) is 27.2 Å². The number of halogens is 1. The maximum atomic E-state index is 13.6. The van der Waals surface area contributed by atoms with Gasteiger partial charge in [0.2, 0.25) is 0 Å². The van der Waals surface area contributed by atoms with Gasteiger partial charge in [-0.3, -0.25) is 19.6 Å². The molecule has 1 fully saturated rings. The van der Waals surface area contributed by atoms with E-state index in [1.165, 1.54) is 17.7 Å². The Kier molecular flexibility index (Phi) is 6.83. The largest absolute Gasteiger partial charge is 0.491 e. The maximum Gasteiger partial charge on any atom is 0.254 e. The first-order valence-electron chi connectivity index (χ1n) is 11.8. The summed E-state index contributed by atoms with van der Waals surface area (Å²) in [5, 5.41) is 0. The molecule has 3 aromatic rings. The van der Waals surface area contributed by atoms with Crippen molar-refractivity contribution < 1.29 is 13.9 Å². The van der Waals surface area contributed by atoms with Gasteiger partial charge < -0.3 is 9.64 Å². The molecule has 2 aliphatic heterocycles. The summed E-state index contributed by atoms with van der Waals surface area (Å²) in [6, 6.07) is 18.2. The number of carbonyl (C=O) groups excluding carboxylic acids is 1. The Morgan fingerprint density at radius 1 is 0.912 bits per heavy atom. The number of amides is 1. The minimum Gasteiger partial charge on any atom is -0.491 e. The molecule has 2 aliphatic rings. The van der Waals surface area contributed by atoms with Crippen molar-refractivity contribution in [2.75, 3.05) is 39.3 Å². The van der Waals surface area contributed by atoms with Gasteiger partial charge in [-0.2, -0.15) is 0 Å². The van der Waals surface area contributed by atoms with E-state index < -0.39 is 5.82 Å². The summed E-state index contributed by atoms with van der Waals surface area (Å²) in [7, 11) is 0. The second-order valence-corrected chi connectivity index (χ2v) is 8.90. The first-order chi connectivity index (χ1) is 16.6. The highest BCUT2D eigenvalue weighted by Crippen LogP contribution is 2.26. The Labute approximate surface area is 199 Å². The summed E-state index contributed by atoms with van der Waals surface area (Å²) in [4.78, 5) is 24.0. The van der Waals surface area contributed by atoms with Gasteiger partial charge in [0.25, 0.3) is 5.91 Å². The number of fused-ring (bicyclic) bond motifs is 1. The van der Waals surface area contributed by atoms with Crippen LogP contribution < -0.4 is 4.74 Å². The number of nitrogens with zero attached hydrogens (tertiary/aromatic N) is 4. The number of pyridine rings is 1. The third-order valence-corrected chi connectivity index (χ3v) is 6.45. The molecule has 176 valence electrons. The van der Waals surface area contributed by atoms with Crippen LogP contribution in [-0.2, 0) is 19.6 Å². The van der Waals surface area contributed by atoms with Gasteiger partial charge in [-0.05, 0) is 48.0 Å². The van der Waals surface area contributed by atoms with Crippen LogP contribution in [0.15, 0.2) is 66.9 Å². The molecule has 0 atom stereocenters. The zero-order chi connectivity index (χ0) is 23.3. The summed E-state index contributed by atoms with van der Waals surface area (Å²) >= 11 is 0. The highest BCUT2D eigenvalue weighted by atomic mass is 19.1. The molecule has 6 nitrogen and oxygen atoms in total. The van der Waals surface area contributed by atoms with E-state index in [9.17, 15) is 9.18 Å². The Morgan fingerprint density at radius 2 is 1.74 bits per heavy atom. The van der Waals surface area contributed by atoms with Crippen LogP contribution >= 0.6 is 0 Å². The number of ether oxygens (including phenoxy) is 1. The molecule has 0 aliphatic carbocycles. The summed E-state index contributed by atoms with van der Waals surface area (Å²) < 4.78 is 19.5. The van der Waals surface area contributed by atoms with Crippen LogP contribution in [0.5, 0.6) is 5.75 Å². The maximum absolute atomic E-state index is 13.6. The molecule has 34 heavy (non-hydrogen) atoms. The number of hydrogen-bond donors (Lipinski definition) is 0. The van der Waals surface area contributed by atoms with E-state index in [1.54, 1.807) is 17.0 Å². The predicted molar refractivity (Wildman–Crippen MR) is 128 cm³/mol. The summed E-state index contributed by atoms with van der Waals surface area (Å²) in [6.07, 6.45) is 1.85. The molecule has 3 heterocycles. The minimum atomic E-state index is -0.403. The van der Waals surface area contributed by atoms with Gasteiger partial charge in [-0.1, -0.05) is 18.2 Å². The van der Waals surface area contributed by atoms with Crippen molar-refractivity contribution in [2.24, 2.45) is 0 Å². The van der Waals surface area contributed by atoms with Gasteiger partial charge in [0, 0.05) is 63.1 Å². The summed E-state index contributed by atoms with van der Waals surface area (Å²) in [5.74, 6) is 0.239. The molecule has 1 saturated heterocycles. The smallest absolute Gasteiger partial charge is 0.254 e. The molecule has 2 aromatic carbocycles. The first kappa shape index (κ1) is 22.5. The molecule has 5 rings (SSSR count). The van der Waals surface area contributed by atoms with Crippen LogP contribution in [0.2, 0.25) is 0 Å². The van der Waals surface area contributed by atoms with Gasteiger partial charge >= 0.3 is 0 Å². The predicted octanol–water partition coefficient (Wildman–Crippen LogP) is 3.57. The lowest BCUT2D eigenvalue weighted by Gasteiger charge is -2.34. The van der Waals surface area contributed by atoms with Crippen molar-refractivity contribution >= 4 is 5.91 Å². The highest BCUT2D eigenvalue weighted by molar-refractivity contribution is 5.94. The molecule has 0 spiro atoms. The Morgan fingerprint density at radius 3 is 2.50 bits per heavy atom. The quantitative estimate of drug-likeness (QED) is 0.583. The fourth-order valence-electron chi connectivity index (χ4n) is 4.61. The van der Waals surface area contributed by atoms with Crippen LogP contribution in [-0.4, -0.2) is 64.9 Å². The fourth-order valence-corrected chi connectivity index (χ4v) is 4.61. The Bertz CT molecular complexity index is 1130. The summed E-state index contributed by atoms with van der Waals surface area (Å²) in [5.41, 5.74) is 3.68. The minimum absolute atomic E-state index is 0.176. The average molecular weight is 461 g/mol. The third kappa shape index (κ3) is 5.43. The van der Waals surface area contributed by atoms with Gasteiger partial charge in [0.15, 0.2) is 0 Å². The molecular weight excluding hydrogens is 431 g/mol. The number of hydrogen-bond acceptors (Lipinski definition) is 5. The molecule has 0 radical (unpaired) electrons. The topological polar surface area (TPSA) is 48.9 Å². The van der Waals surface area contributed by atoms with E-state index in [4.69, 9.17) is 4.74 Å². The number of rotatable bonds is 5. The lowest BCUT2D eigenvalue weighted by molar-refractivity contribution is 0.0732. The molecule has 1 aromatic heterocycles. The monoisotopic (exact) mass is 460 g/mol. The van der Waals surface area contributed by atoms with Gasteiger partial charge in [-0.25, -0.2) is 4.39 Å². The number of aromatic nitrogens is 1. The molecule has 7 heteroatoms. The van der Waals surface area contributed by atoms with Crippen molar-refractivity contribution in [3.63, 3.8) is 0 Å². The van der Waals surface area contributed by atoms with Gasteiger partial charge in [-0.15, -0.1) is 0 Å². The van der Waals surface area contributed by atoms with Crippen molar-refractivity contribution in [1.29, 1.82) is 0 Å².